The van der Waals surface area contributed by atoms with Crippen molar-refractivity contribution in [1.29, 1.82) is 0 Å². The molecule has 96 valence electrons. The van der Waals surface area contributed by atoms with Gasteiger partial charge < -0.3 is 15.0 Å². The van der Waals surface area contributed by atoms with Gasteiger partial charge in [0.25, 0.3) is 0 Å². The van der Waals surface area contributed by atoms with Crippen LogP contribution in [0, 0.1) is 6.92 Å². The predicted octanol–water partition coefficient (Wildman–Crippen LogP) is 1.25. The molecule has 1 unspecified atom stereocenters. The Morgan fingerprint density at radius 2 is 2.29 bits per heavy atom. The van der Waals surface area contributed by atoms with Crippen LogP contribution in [0.3, 0.4) is 0 Å². The lowest BCUT2D eigenvalue weighted by molar-refractivity contribution is -0.146. The van der Waals surface area contributed by atoms with E-state index >= 15 is 0 Å². The highest BCUT2D eigenvalue weighted by molar-refractivity contribution is 5.79. The molecule has 17 heavy (non-hydrogen) atoms. The van der Waals surface area contributed by atoms with Gasteiger partial charge in [-0.3, -0.25) is 4.79 Å². The Bertz CT molecular complexity index is 372. The highest BCUT2D eigenvalue weighted by atomic mass is 16.5. The first-order chi connectivity index (χ1) is 7.97. The normalized spacial score (nSPS) is 14.4. The monoisotopic (exact) mass is 239 g/mol. The van der Waals surface area contributed by atoms with Gasteiger partial charge in [-0.2, -0.15) is 0 Å². The van der Waals surface area contributed by atoms with Crippen molar-refractivity contribution < 1.29 is 9.53 Å². The van der Waals surface area contributed by atoms with Gasteiger partial charge in [-0.15, -0.1) is 0 Å². The Balaban J connectivity index is 2.29. The number of nitrogens with two attached hydrogens (primary N) is 1. The second-order valence-electron chi connectivity index (χ2n) is 4.53. The lowest BCUT2D eigenvalue weighted by Crippen LogP contribution is -2.45. The van der Waals surface area contributed by atoms with Crippen molar-refractivity contribution in [3.05, 3.63) is 18.2 Å². The number of esters is 1. The maximum absolute atomic E-state index is 11.3. The van der Waals surface area contributed by atoms with Gasteiger partial charge in [-0.25, -0.2) is 4.98 Å². The molecule has 0 aromatic carbocycles. The van der Waals surface area contributed by atoms with E-state index in [4.69, 9.17) is 5.73 Å². The molecule has 1 aromatic rings. The van der Waals surface area contributed by atoms with Gasteiger partial charge in [0.05, 0.1) is 7.11 Å². The molecule has 1 aromatic heterocycles. The second kappa shape index (κ2) is 5.82. The Hall–Kier alpha value is -1.36. The number of hydrogen-bond donors (Lipinski definition) is 1. The number of aromatic nitrogens is 2. The van der Waals surface area contributed by atoms with E-state index in [9.17, 15) is 4.79 Å². The van der Waals surface area contributed by atoms with Crippen LogP contribution in [0.4, 0.5) is 0 Å². The van der Waals surface area contributed by atoms with E-state index in [1.807, 2.05) is 13.1 Å². The molecule has 0 aliphatic heterocycles. The molecule has 0 amide bonds. The first-order valence-corrected chi connectivity index (χ1v) is 5.82. The smallest absolute Gasteiger partial charge is 0.325 e. The molecule has 0 fully saturated rings. The van der Waals surface area contributed by atoms with Crippen molar-refractivity contribution in [2.75, 3.05) is 7.11 Å². The lowest BCUT2D eigenvalue weighted by atomic mass is 9.96. The van der Waals surface area contributed by atoms with Crippen LogP contribution < -0.4 is 5.73 Å². The molecule has 0 spiro atoms. The van der Waals surface area contributed by atoms with Gasteiger partial charge in [0.1, 0.15) is 11.4 Å². The molecule has 1 rings (SSSR count). The highest BCUT2D eigenvalue weighted by Gasteiger charge is 2.28. The molecule has 0 bridgehead atoms. The van der Waals surface area contributed by atoms with Gasteiger partial charge in [0.2, 0.25) is 0 Å². The number of aryl methyl sites for hydroxylation is 2. The molecule has 0 aliphatic carbocycles. The SMILES string of the molecule is COC(=O)C(C)(N)CCCCn1ccnc1C. The molecule has 0 saturated carbocycles. The number of methoxy groups -OCH3 is 1. The van der Waals surface area contributed by atoms with Crippen molar-refractivity contribution in [3.8, 4) is 0 Å². The second-order valence-corrected chi connectivity index (χ2v) is 4.53. The maximum Gasteiger partial charge on any atom is 0.325 e. The van der Waals surface area contributed by atoms with Crippen LogP contribution in [-0.4, -0.2) is 28.2 Å². The maximum atomic E-state index is 11.3. The van der Waals surface area contributed by atoms with Gasteiger partial charge in [0, 0.05) is 18.9 Å². The van der Waals surface area contributed by atoms with Crippen molar-refractivity contribution >= 4 is 5.97 Å². The Morgan fingerprint density at radius 3 is 2.82 bits per heavy atom. The summed E-state index contributed by atoms with van der Waals surface area (Å²) in [5, 5.41) is 0. The third-order valence-corrected chi connectivity index (χ3v) is 2.92. The summed E-state index contributed by atoms with van der Waals surface area (Å²) in [6.07, 6.45) is 6.24. The first-order valence-electron chi connectivity index (χ1n) is 5.82. The number of carbonyl (C=O) groups excluding carboxylic acids is 1. The van der Waals surface area contributed by atoms with E-state index < -0.39 is 5.54 Å². The van der Waals surface area contributed by atoms with E-state index in [2.05, 4.69) is 14.3 Å². The molecular formula is C12H21N3O2. The highest BCUT2D eigenvalue weighted by Crippen LogP contribution is 2.13. The minimum atomic E-state index is -0.876. The van der Waals surface area contributed by atoms with Crippen LogP contribution in [0.15, 0.2) is 12.4 Å². The zero-order chi connectivity index (χ0) is 12.9. The molecule has 5 heteroatoms. The zero-order valence-electron chi connectivity index (χ0n) is 10.8. The van der Waals surface area contributed by atoms with Crippen LogP contribution in [0.2, 0.25) is 0 Å². The van der Waals surface area contributed by atoms with Crippen LogP contribution in [-0.2, 0) is 16.1 Å². The summed E-state index contributed by atoms with van der Waals surface area (Å²) in [7, 11) is 1.36. The Morgan fingerprint density at radius 1 is 1.59 bits per heavy atom. The molecule has 1 atom stereocenters. The summed E-state index contributed by atoms with van der Waals surface area (Å²) < 4.78 is 6.75. The molecule has 0 saturated heterocycles. The summed E-state index contributed by atoms with van der Waals surface area (Å²) in [4.78, 5) is 15.5. The van der Waals surface area contributed by atoms with Crippen LogP contribution in [0.5, 0.6) is 0 Å². The van der Waals surface area contributed by atoms with Crippen molar-refractivity contribution in [2.45, 2.75) is 45.2 Å². The summed E-state index contributed by atoms with van der Waals surface area (Å²) in [5.41, 5.74) is 4.99. The molecule has 1 heterocycles. The fraction of sp³-hybridized carbons (Fsp3) is 0.667. The number of unbranched alkanes of at least 4 members (excludes halogenated alkanes) is 1. The molecular weight excluding hydrogens is 218 g/mol. The third kappa shape index (κ3) is 3.85. The minimum absolute atomic E-state index is 0.351. The van der Waals surface area contributed by atoms with Crippen LogP contribution in [0.25, 0.3) is 0 Å². The molecule has 5 nitrogen and oxygen atoms in total. The van der Waals surface area contributed by atoms with Crippen molar-refractivity contribution in [1.82, 2.24) is 9.55 Å². The van der Waals surface area contributed by atoms with Gasteiger partial charge in [-0.05, 0) is 33.1 Å². The summed E-state index contributed by atoms with van der Waals surface area (Å²) in [6.45, 7) is 4.59. The largest absolute Gasteiger partial charge is 0.468 e. The predicted molar refractivity (Wildman–Crippen MR) is 65.4 cm³/mol. The summed E-state index contributed by atoms with van der Waals surface area (Å²) in [5.74, 6) is 0.657. The number of ether oxygens (including phenoxy) is 1. The van der Waals surface area contributed by atoms with Crippen molar-refractivity contribution in [2.24, 2.45) is 5.73 Å². The van der Waals surface area contributed by atoms with Crippen LogP contribution >= 0.6 is 0 Å². The third-order valence-electron chi connectivity index (χ3n) is 2.92. The Labute approximate surface area is 102 Å². The number of rotatable bonds is 6. The number of imidazole rings is 1. The summed E-state index contributed by atoms with van der Waals surface area (Å²) in [6, 6.07) is 0. The van der Waals surface area contributed by atoms with E-state index in [1.165, 1.54) is 7.11 Å². The van der Waals surface area contributed by atoms with E-state index in [1.54, 1.807) is 13.1 Å². The lowest BCUT2D eigenvalue weighted by Gasteiger charge is -2.21. The fourth-order valence-electron chi connectivity index (χ4n) is 1.75. The average Bonchev–Trinajstić information content (AvgIpc) is 2.69. The van der Waals surface area contributed by atoms with Gasteiger partial charge in [0.15, 0.2) is 0 Å². The standard InChI is InChI=1S/C12H21N3O2/c1-10-14-7-9-15(10)8-5-4-6-12(2,13)11(16)17-3/h7,9H,4-6,8,13H2,1-3H3. The first kappa shape index (κ1) is 13.7. The number of hydrogen-bond acceptors (Lipinski definition) is 4. The van der Waals surface area contributed by atoms with Crippen molar-refractivity contribution in [3.63, 3.8) is 0 Å². The minimum Gasteiger partial charge on any atom is -0.468 e. The quantitative estimate of drug-likeness (QED) is 0.599. The Kier molecular flexibility index (Phi) is 4.69. The van der Waals surface area contributed by atoms with E-state index in [0.29, 0.717) is 6.42 Å². The fourth-order valence-corrected chi connectivity index (χ4v) is 1.75. The zero-order valence-corrected chi connectivity index (χ0v) is 10.8. The topological polar surface area (TPSA) is 70.1 Å². The number of nitrogens with zero attached hydrogens (tertiary/aromatic N) is 2. The van der Waals surface area contributed by atoms with E-state index in [0.717, 1.165) is 25.2 Å². The molecule has 2 N–H and O–H groups in total. The van der Waals surface area contributed by atoms with E-state index in [-0.39, 0.29) is 5.97 Å². The van der Waals surface area contributed by atoms with Gasteiger partial charge in [-0.1, -0.05) is 0 Å². The number of carbonyl (C=O) groups is 1. The molecule has 0 aliphatic rings. The molecule has 0 radical (unpaired) electrons. The van der Waals surface area contributed by atoms with Crippen LogP contribution in [0.1, 0.15) is 32.0 Å². The van der Waals surface area contributed by atoms with Gasteiger partial charge >= 0.3 is 5.97 Å². The summed E-state index contributed by atoms with van der Waals surface area (Å²) >= 11 is 0. The average molecular weight is 239 g/mol.